The molecule has 126 valence electrons. The molecule has 0 radical (unpaired) electrons. The zero-order valence-electron chi connectivity index (χ0n) is 13.4. The van der Waals surface area contributed by atoms with Crippen molar-refractivity contribution < 1.29 is 14.8 Å². The number of aromatic nitrogens is 2. The number of hydrogen-bond acceptors (Lipinski definition) is 7. The summed E-state index contributed by atoms with van der Waals surface area (Å²) in [5.41, 5.74) is -0.106. The number of nitrogens with one attached hydrogen (secondary N) is 2. The zero-order chi connectivity index (χ0) is 17.9. The van der Waals surface area contributed by atoms with Crippen molar-refractivity contribution >= 4 is 29.0 Å². The molecule has 9 nitrogen and oxygen atoms in total. The first-order valence-electron chi connectivity index (χ1n) is 7.05. The number of benzene rings is 1. The Morgan fingerprint density at radius 3 is 2.25 bits per heavy atom. The Morgan fingerprint density at radius 2 is 1.75 bits per heavy atom. The van der Waals surface area contributed by atoms with Crippen LogP contribution in [0.5, 0.6) is 0 Å². The topological polar surface area (TPSA) is 130 Å². The number of carboxylic acid groups (broad SMARTS) is 1. The molecule has 0 saturated carbocycles. The SMILES string of the molecule is CC(C)(C)Nc1ncnc(Nc2ccc(C(=O)O)cc2)c1[N+](=O)[O-]. The second-order valence-corrected chi connectivity index (χ2v) is 6.06. The van der Waals surface area contributed by atoms with Crippen LogP contribution in [0.2, 0.25) is 0 Å². The second kappa shape index (κ2) is 6.49. The summed E-state index contributed by atoms with van der Waals surface area (Å²) in [4.78, 5) is 29.6. The van der Waals surface area contributed by atoms with Crippen molar-refractivity contribution in [1.82, 2.24) is 9.97 Å². The summed E-state index contributed by atoms with van der Waals surface area (Å²) in [6, 6.07) is 5.80. The molecule has 0 bridgehead atoms. The molecule has 2 aromatic rings. The van der Waals surface area contributed by atoms with E-state index in [1.54, 1.807) is 0 Å². The Labute approximate surface area is 137 Å². The van der Waals surface area contributed by atoms with Gasteiger partial charge in [0.2, 0.25) is 11.6 Å². The van der Waals surface area contributed by atoms with Crippen LogP contribution >= 0.6 is 0 Å². The molecule has 1 heterocycles. The van der Waals surface area contributed by atoms with E-state index in [9.17, 15) is 14.9 Å². The summed E-state index contributed by atoms with van der Waals surface area (Å²) in [5, 5.41) is 26.1. The van der Waals surface area contributed by atoms with Gasteiger partial charge in [-0.05, 0) is 45.0 Å². The standard InChI is InChI=1S/C15H17N5O4/c1-15(2,3)19-13-11(20(23)24)12(16-8-17-13)18-10-6-4-9(5-7-10)14(21)22/h4-8H,1-3H3,(H,21,22)(H2,16,17,18,19). The van der Waals surface area contributed by atoms with Crippen molar-refractivity contribution in [3.63, 3.8) is 0 Å². The van der Waals surface area contributed by atoms with Gasteiger partial charge in [-0.25, -0.2) is 14.8 Å². The van der Waals surface area contributed by atoms with Gasteiger partial charge in [0.15, 0.2) is 0 Å². The van der Waals surface area contributed by atoms with Crippen molar-refractivity contribution in [3.05, 3.63) is 46.3 Å². The summed E-state index contributed by atoms with van der Waals surface area (Å²) >= 11 is 0. The van der Waals surface area contributed by atoms with Gasteiger partial charge in [-0.1, -0.05) is 0 Å². The monoisotopic (exact) mass is 331 g/mol. The normalized spacial score (nSPS) is 11.0. The highest BCUT2D eigenvalue weighted by Crippen LogP contribution is 2.32. The molecule has 24 heavy (non-hydrogen) atoms. The highest BCUT2D eigenvalue weighted by atomic mass is 16.6. The number of carboxylic acids is 1. The van der Waals surface area contributed by atoms with Gasteiger partial charge in [0.1, 0.15) is 6.33 Å². The third-order valence-corrected chi connectivity index (χ3v) is 2.89. The lowest BCUT2D eigenvalue weighted by Gasteiger charge is -2.21. The zero-order valence-corrected chi connectivity index (χ0v) is 13.4. The molecule has 0 unspecified atom stereocenters. The first kappa shape index (κ1) is 17.1. The molecule has 0 amide bonds. The van der Waals surface area contributed by atoms with E-state index in [0.717, 1.165) is 0 Å². The summed E-state index contributed by atoms with van der Waals surface area (Å²) in [7, 11) is 0. The molecule has 0 spiro atoms. The van der Waals surface area contributed by atoms with E-state index in [1.165, 1.54) is 30.6 Å². The number of hydrogen-bond donors (Lipinski definition) is 3. The number of aromatic carboxylic acids is 1. The lowest BCUT2D eigenvalue weighted by atomic mass is 10.1. The van der Waals surface area contributed by atoms with Gasteiger partial charge < -0.3 is 15.7 Å². The van der Waals surface area contributed by atoms with E-state index in [4.69, 9.17) is 5.11 Å². The van der Waals surface area contributed by atoms with Crippen molar-refractivity contribution in [2.24, 2.45) is 0 Å². The Bertz CT molecular complexity index is 768. The van der Waals surface area contributed by atoms with Crippen LogP contribution in [0.15, 0.2) is 30.6 Å². The smallest absolute Gasteiger partial charge is 0.353 e. The fourth-order valence-electron chi connectivity index (χ4n) is 1.92. The van der Waals surface area contributed by atoms with Crippen molar-refractivity contribution in [3.8, 4) is 0 Å². The summed E-state index contributed by atoms with van der Waals surface area (Å²) < 4.78 is 0. The summed E-state index contributed by atoms with van der Waals surface area (Å²) in [6.45, 7) is 5.57. The van der Waals surface area contributed by atoms with E-state index >= 15 is 0 Å². The van der Waals surface area contributed by atoms with Crippen LogP contribution in [0.1, 0.15) is 31.1 Å². The molecule has 0 aliphatic heterocycles. The second-order valence-electron chi connectivity index (χ2n) is 6.06. The third-order valence-electron chi connectivity index (χ3n) is 2.89. The fraction of sp³-hybridized carbons (Fsp3) is 0.267. The molecule has 9 heteroatoms. The van der Waals surface area contributed by atoms with Crippen LogP contribution < -0.4 is 10.6 Å². The van der Waals surface area contributed by atoms with Crippen LogP contribution in [0.25, 0.3) is 0 Å². The summed E-state index contributed by atoms with van der Waals surface area (Å²) in [5.74, 6) is -0.928. The molecule has 1 aromatic heterocycles. The lowest BCUT2D eigenvalue weighted by Crippen LogP contribution is -2.27. The molecule has 2 rings (SSSR count). The Kier molecular flexibility index (Phi) is 4.63. The Balaban J connectivity index is 2.37. The Hall–Kier alpha value is -3.23. The van der Waals surface area contributed by atoms with E-state index in [1.807, 2.05) is 20.8 Å². The minimum atomic E-state index is -1.05. The van der Waals surface area contributed by atoms with Crippen LogP contribution in [-0.4, -0.2) is 31.5 Å². The molecule has 0 aliphatic rings. The molecule has 0 aliphatic carbocycles. The van der Waals surface area contributed by atoms with Crippen molar-refractivity contribution in [1.29, 1.82) is 0 Å². The maximum absolute atomic E-state index is 11.4. The van der Waals surface area contributed by atoms with Gasteiger partial charge in [-0.2, -0.15) is 0 Å². The maximum atomic E-state index is 11.4. The largest absolute Gasteiger partial charge is 0.478 e. The van der Waals surface area contributed by atoms with Crippen LogP contribution in [0, 0.1) is 10.1 Å². The molecule has 1 aromatic carbocycles. The van der Waals surface area contributed by atoms with Gasteiger partial charge >= 0.3 is 11.7 Å². The highest BCUT2D eigenvalue weighted by Gasteiger charge is 2.25. The predicted octanol–water partition coefficient (Wildman–Crippen LogP) is 3.04. The number of rotatable bonds is 5. The van der Waals surface area contributed by atoms with E-state index in [2.05, 4.69) is 20.6 Å². The van der Waals surface area contributed by atoms with Crippen LogP contribution in [0.4, 0.5) is 23.0 Å². The minimum Gasteiger partial charge on any atom is -0.478 e. The molecular weight excluding hydrogens is 314 g/mol. The Morgan fingerprint density at radius 1 is 1.17 bits per heavy atom. The fourth-order valence-corrected chi connectivity index (χ4v) is 1.92. The average molecular weight is 331 g/mol. The van der Waals surface area contributed by atoms with Crippen LogP contribution in [0.3, 0.4) is 0 Å². The molecule has 0 fully saturated rings. The van der Waals surface area contributed by atoms with Gasteiger partial charge in [0.05, 0.1) is 10.5 Å². The first-order valence-corrected chi connectivity index (χ1v) is 7.05. The van der Waals surface area contributed by atoms with Crippen molar-refractivity contribution in [2.75, 3.05) is 10.6 Å². The van der Waals surface area contributed by atoms with Crippen molar-refractivity contribution in [2.45, 2.75) is 26.3 Å². The lowest BCUT2D eigenvalue weighted by molar-refractivity contribution is -0.383. The highest BCUT2D eigenvalue weighted by molar-refractivity contribution is 5.88. The quantitative estimate of drug-likeness (QED) is 0.563. The number of nitrogens with zero attached hydrogens (tertiary/aromatic N) is 3. The van der Waals surface area contributed by atoms with E-state index in [0.29, 0.717) is 5.69 Å². The molecular formula is C15H17N5O4. The van der Waals surface area contributed by atoms with Gasteiger partial charge in [-0.3, -0.25) is 10.1 Å². The van der Waals surface area contributed by atoms with E-state index < -0.39 is 16.4 Å². The first-order chi connectivity index (χ1) is 11.2. The maximum Gasteiger partial charge on any atom is 0.353 e. The minimum absolute atomic E-state index is 0.0184. The van der Waals surface area contributed by atoms with Gasteiger partial charge in [-0.15, -0.1) is 0 Å². The summed E-state index contributed by atoms with van der Waals surface area (Å²) in [6.07, 6.45) is 1.22. The van der Waals surface area contributed by atoms with Gasteiger partial charge in [0.25, 0.3) is 0 Å². The molecule has 3 N–H and O–H groups in total. The predicted molar refractivity (Wildman–Crippen MR) is 88.7 cm³/mol. The number of nitro groups is 1. The number of anilines is 3. The molecule has 0 atom stereocenters. The van der Waals surface area contributed by atoms with E-state index in [-0.39, 0.29) is 22.9 Å². The van der Waals surface area contributed by atoms with Gasteiger partial charge in [0, 0.05) is 11.2 Å². The molecule has 0 saturated heterocycles. The average Bonchev–Trinajstić information content (AvgIpc) is 2.46. The van der Waals surface area contributed by atoms with Crippen LogP contribution in [-0.2, 0) is 0 Å². The number of carbonyl (C=O) groups is 1. The third kappa shape index (κ3) is 4.15.